The zero-order chi connectivity index (χ0) is 18.9. The Hall–Kier alpha value is -2.43. The molecule has 0 saturated heterocycles. The second kappa shape index (κ2) is 10.0. The van der Waals surface area contributed by atoms with Gasteiger partial charge in [-0.3, -0.25) is 10.1 Å². The van der Waals surface area contributed by atoms with E-state index in [1.165, 1.54) is 16.0 Å². The standard InChI is InChI=1S/C23H26N2OS/c1-18(14-15-19-9-4-2-5-10-19)25-22(26)17-24-23(21-13-8-16-27-21)20-11-6-3-7-12-20/h2-13,16,18,23-24H,14-15,17H2,1H3,(H,25,26)/t18-,23-/m0/s1. The van der Waals surface area contributed by atoms with Gasteiger partial charge in [0, 0.05) is 10.9 Å². The van der Waals surface area contributed by atoms with Crippen molar-refractivity contribution in [2.75, 3.05) is 6.54 Å². The third-order valence-corrected chi connectivity index (χ3v) is 5.48. The molecule has 4 heteroatoms. The quantitative estimate of drug-likeness (QED) is 0.573. The topological polar surface area (TPSA) is 41.1 Å². The van der Waals surface area contributed by atoms with Crippen molar-refractivity contribution in [2.45, 2.75) is 31.8 Å². The minimum atomic E-state index is 0.0352. The van der Waals surface area contributed by atoms with Gasteiger partial charge in [-0.25, -0.2) is 0 Å². The van der Waals surface area contributed by atoms with E-state index in [4.69, 9.17) is 0 Å². The first-order chi connectivity index (χ1) is 13.2. The monoisotopic (exact) mass is 378 g/mol. The maximum absolute atomic E-state index is 12.4. The van der Waals surface area contributed by atoms with Crippen molar-refractivity contribution in [2.24, 2.45) is 0 Å². The minimum Gasteiger partial charge on any atom is -0.353 e. The average Bonchev–Trinajstić information content (AvgIpc) is 3.23. The van der Waals surface area contributed by atoms with Gasteiger partial charge in [0.15, 0.2) is 0 Å². The fourth-order valence-electron chi connectivity index (χ4n) is 3.10. The molecule has 3 aromatic rings. The molecule has 3 nitrogen and oxygen atoms in total. The lowest BCUT2D eigenvalue weighted by Gasteiger charge is -2.19. The highest BCUT2D eigenvalue weighted by Crippen LogP contribution is 2.25. The number of thiophene rings is 1. The van der Waals surface area contributed by atoms with Crippen LogP contribution in [0.4, 0.5) is 0 Å². The first kappa shape index (κ1) is 19.3. The van der Waals surface area contributed by atoms with Crippen molar-refractivity contribution in [1.82, 2.24) is 10.6 Å². The van der Waals surface area contributed by atoms with Crippen LogP contribution < -0.4 is 10.6 Å². The number of amides is 1. The molecule has 3 rings (SSSR count). The smallest absolute Gasteiger partial charge is 0.234 e. The predicted molar refractivity (Wildman–Crippen MR) is 113 cm³/mol. The predicted octanol–water partition coefficient (Wildman–Crippen LogP) is 4.56. The van der Waals surface area contributed by atoms with Gasteiger partial charge in [-0.1, -0.05) is 66.7 Å². The molecule has 0 radical (unpaired) electrons. The molecule has 0 aliphatic carbocycles. The molecule has 27 heavy (non-hydrogen) atoms. The Balaban J connectivity index is 1.50. The second-order valence-electron chi connectivity index (χ2n) is 6.73. The van der Waals surface area contributed by atoms with Gasteiger partial charge in [0.05, 0.1) is 12.6 Å². The molecule has 0 unspecified atom stereocenters. The first-order valence-electron chi connectivity index (χ1n) is 9.37. The summed E-state index contributed by atoms with van der Waals surface area (Å²) in [6, 6.07) is 25.0. The van der Waals surface area contributed by atoms with Gasteiger partial charge in [-0.15, -0.1) is 11.3 Å². The van der Waals surface area contributed by atoms with Crippen molar-refractivity contribution >= 4 is 17.2 Å². The normalized spacial score (nSPS) is 13.1. The molecule has 0 saturated carbocycles. The van der Waals surface area contributed by atoms with Crippen LogP contribution in [0.25, 0.3) is 0 Å². The number of carbonyl (C=O) groups excluding carboxylic acids is 1. The van der Waals surface area contributed by atoms with Gasteiger partial charge in [0.2, 0.25) is 5.91 Å². The van der Waals surface area contributed by atoms with Gasteiger partial charge in [0.1, 0.15) is 0 Å². The molecule has 2 atom stereocenters. The molecule has 1 aromatic heterocycles. The maximum Gasteiger partial charge on any atom is 0.234 e. The fraction of sp³-hybridized carbons (Fsp3) is 0.261. The van der Waals surface area contributed by atoms with Crippen molar-refractivity contribution in [3.05, 3.63) is 94.2 Å². The summed E-state index contributed by atoms with van der Waals surface area (Å²) in [4.78, 5) is 13.6. The van der Waals surface area contributed by atoms with Crippen molar-refractivity contribution in [3.8, 4) is 0 Å². The Bertz CT molecular complexity index is 803. The van der Waals surface area contributed by atoms with Crippen LogP contribution in [0.2, 0.25) is 0 Å². The van der Waals surface area contributed by atoms with Crippen LogP contribution in [-0.4, -0.2) is 18.5 Å². The largest absolute Gasteiger partial charge is 0.353 e. The number of benzene rings is 2. The Labute approximate surface area is 165 Å². The Kier molecular flexibility index (Phi) is 7.19. The number of aryl methyl sites for hydroxylation is 1. The molecule has 140 valence electrons. The molecule has 2 aromatic carbocycles. The van der Waals surface area contributed by atoms with Crippen LogP contribution in [0.1, 0.15) is 35.4 Å². The van der Waals surface area contributed by atoms with Crippen LogP contribution >= 0.6 is 11.3 Å². The summed E-state index contributed by atoms with van der Waals surface area (Å²) in [5.74, 6) is 0.0352. The SMILES string of the molecule is C[C@@H](CCc1ccccc1)NC(=O)CN[C@@H](c1ccccc1)c1cccs1. The number of rotatable bonds is 9. The number of nitrogens with one attached hydrogen (secondary N) is 2. The van der Waals surface area contributed by atoms with Crippen molar-refractivity contribution in [3.63, 3.8) is 0 Å². The van der Waals surface area contributed by atoms with E-state index in [-0.39, 0.29) is 18.0 Å². The highest BCUT2D eigenvalue weighted by molar-refractivity contribution is 7.10. The molecular formula is C23H26N2OS. The first-order valence-corrected chi connectivity index (χ1v) is 10.3. The molecule has 1 amide bonds. The van der Waals surface area contributed by atoms with Crippen LogP contribution in [0, 0.1) is 0 Å². The summed E-state index contributed by atoms with van der Waals surface area (Å²) in [7, 11) is 0. The van der Waals surface area contributed by atoms with Crippen LogP contribution in [0.5, 0.6) is 0 Å². The van der Waals surface area contributed by atoms with Gasteiger partial charge < -0.3 is 5.32 Å². The number of carbonyl (C=O) groups is 1. The van der Waals surface area contributed by atoms with E-state index in [0.29, 0.717) is 6.54 Å². The van der Waals surface area contributed by atoms with Crippen LogP contribution in [0.15, 0.2) is 78.2 Å². The molecule has 0 spiro atoms. The van der Waals surface area contributed by atoms with E-state index in [2.05, 4.69) is 65.4 Å². The van der Waals surface area contributed by atoms with Gasteiger partial charge in [-0.05, 0) is 42.3 Å². The molecule has 0 fully saturated rings. The highest BCUT2D eigenvalue weighted by atomic mass is 32.1. The third-order valence-electron chi connectivity index (χ3n) is 4.54. The Morgan fingerprint density at radius 3 is 2.33 bits per heavy atom. The third kappa shape index (κ3) is 6.05. The molecule has 0 aliphatic rings. The van der Waals surface area contributed by atoms with E-state index in [9.17, 15) is 4.79 Å². The summed E-state index contributed by atoms with van der Waals surface area (Å²) < 4.78 is 0. The van der Waals surface area contributed by atoms with Crippen molar-refractivity contribution in [1.29, 1.82) is 0 Å². The van der Waals surface area contributed by atoms with E-state index < -0.39 is 0 Å². The second-order valence-corrected chi connectivity index (χ2v) is 7.71. The average molecular weight is 379 g/mol. The molecule has 0 aliphatic heterocycles. The lowest BCUT2D eigenvalue weighted by atomic mass is 10.1. The summed E-state index contributed by atoms with van der Waals surface area (Å²) in [6.07, 6.45) is 1.90. The van der Waals surface area contributed by atoms with Crippen LogP contribution in [-0.2, 0) is 11.2 Å². The van der Waals surface area contributed by atoms with E-state index in [1.807, 2.05) is 30.3 Å². The van der Waals surface area contributed by atoms with E-state index in [0.717, 1.165) is 12.8 Å². The summed E-state index contributed by atoms with van der Waals surface area (Å²) in [5.41, 5.74) is 2.48. The minimum absolute atomic E-state index is 0.0352. The number of hydrogen-bond donors (Lipinski definition) is 2. The number of hydrogen-bond acceptors (Lipinski definition) is 3. The zero-order valence-electron chi connectivity index (χ0n) is 15.6. The Morgan fingerprint density at radius 1 is 0.963 bits per heavy atom. The van der Waals surface area contributed by atoms with Crippen molar-refractivity contribution < 1.29 is 4.79 Å². The van der Waals surface area contributed by atoms with Gasteiger partial charge >= 0.3 is 0 Å². The summed E-state index contributed by atoms with van der Waals surface area (Å²) in [6.45, 7) is 2.36. The molecule has 2 N–H and O–H groups in total. The van der Waals surface area contributed by atoms with E-state index in [1.54, 1.807) is 11.3 Å². The molecule has 0 bridgehead atoms. The maximum atomic E-state index is 12.4. The van der Waals surface area contributed by atoms with E-state index >= 15 is 0 Å². The lowest BCUT2D eigenvalue weighted by molar-refractivity contribution is -0.120. The Morgan fingerprint density at radius 2 is 1.67 bits per heavy atom. The molecular weight excluding hydrogens is 352 g/mol. The zero-order valence-corrected chi connectivity index (χ0v) is 16.4. The van der Waals surface area contributed by atoms with Gasteiger partial charge in [0.25, 0.3) is 0 Å². The fourth-order valence-corrected chi connectivity index (χ4v) is 3.93. The lowest BCUT2D eigenvalue weighted by Crippen LogP contribution is -2.40. The van der Waals surface area contributed by atoms with Gasteiger partial charge in [-0.2, -0.15) is 0 Å². The summed E-state index contributed by atoms with van der Waals surface area (Å²) >= 11 is 1.70. The summed E-state index contributed by atoms with van der Waals surface area (Å²) in [5, 5.41) is 8.59. The van der Waals surface area contributed by atoms with Crippen LogP contribution in [0.3, 0.4) is 0 Å². The highest BCUT2D eigenvalue weighted by Gasteiger charge is 2.16. The molecule has 1 heterocycles.